The van der Waals surface area contributed by atoms with Crippen LogP contribution in [0.15, 0.2) is 76.6 Å². The van der Waals surface area contributed by atoms with E-state index in [2.05, 4.69) is 10.3 Å². The number of carbonyl (C=O) groups is 3. The number of alkyl halides is 3. The smallest absolute Gasteiger partial charge is 0.416 e. The van der Waals surface area contributed by atoms with Crippen LogP contribution in [0.2, 0.25) is 0 Å². The molecule has 10 nitrogen and oxygen atoms in total. The summed E-state index contributed by atoms with van der Waals surface area (Å²) >= 11 is 1.90. The number of aromatic nitrogens is 1. The zero-order valence-corrected chi connectivity index (χ0v) is 26.4. The molecule has 0 saturated carbocycles. The molecule has 244 valence electrons. The van der Waals surface area contributed by atoms with Crippen LogP contribution < -0.4 is 29.3 Å². The maximum absolute atomic E-state index is 14.0. The van der Waals surface area contributed by atoms with Gasteiger partial charge >= 0.3 is 11.0 Å². The summed E-state index contributed by atoms with van der Waals surface area (Å²) in [6.07, 6.45) is -4.68. The van der Waals surface area contributed by atoms with Crippen LogP contribution in [-0.4, -0.2) is 48.3 Å². The molecule has 0 spiro atoms. The van der Waals surface area contributed by atoms with Gasteiger partial charge in [-0.15, -0.1) is 0 Å². The first-order chi connectivity index (χ1) is 22.5. The quantitative estimate of drug-likeness (QED) is 0.216. The van der Waals surface area contributed by atoms with Gasteiger partial charge in [-0.2, -0.15) is 13.2 Å². The highest BCUT2D eigenvalue weighted by Gasteiger charge is 2.56. The lowest BCUT2D eigenvalue weighted by molar-refractivity contribution is -0.137. The number of fused-ring (bicyclic) bond motifs is 2. The number of carbonyl (C=O) groups excluding carboxylic acids is 3. The van der Waals surface area contributed by atoms with E-state index in [0.29, 0.717) is 26.9 Å². The maximum atomic E-state index is 14.0. The molecule has 1 aromatic heterocycles. The van der Waals surface area contributed by atoms with E-state index < -0.39 is 46.5 Å². The van der Waals surface area contributed by atoms with E-state index in [4.69, 9.17) is 14.2 Å². The second-order valence-corrected chi connectivity index (χ2v) is 12.7. The van der Waals surface area contributed by atoms with Crippen molar-refractivity contribution in [3.8, 4) is 17.2 Å². The van der Waals surface area contributed by atoms with E-state index in [0.717, 1.165) is 46.2 Å². The summed E-state index contributed by atoms with van der Waals surface area (Å²) in [7, 11) is 1.54. The number of rotatable bonds is 9. The number of H-pyrrole nitrogens is 1. The molecule has 3 aromatic carbocycles. The van der Waals surface area contributed by atoms with E-state index in [1.807, 2.05) is 0 Å². The zero-order chi connectivity index (χ0) is 33.5. The van der Waals surface area contributed by atoms with Crippen molar-refractivity contribution >= 4 is 52.2 Å². The minimum atomic E-state index is -4.68. The Balaban J connectivity index is 1.30. The van der Waals surface area contributed by atoms with Crippen molar-refractivity contribution < 1.29 is 41.8 Å². The minimum Gasteiger partial charge on any atom is -0.497 e. The van der Waals surface area contributed by atoms with Crippen LogP contribution in [-0.2, 0) is 20.6 Å². The average Bonchev–Trinajstić information content (AvgIpc) is 3.54. The van der Waals surface area contributed by atoms with Crippen molar-refractivity contribution in [1.82, 2.24) is 4.98 Å². The van der Waals surface area contributed by atoms with Gasteiger partial charge in [0.05, 0.1) is 35.9 Å². The lowest BCUT2D eigenvalue weighted by atomic mass is 9.83. The molecule has 15 heteroatoms. The highest BCUT2D eigenvalue weighted by atomic mass is 32.2. The van der Waals surface area contributed by atoms with Gasteiger partial charge in [0.1, 0.15) is 11.0 Å². The molecule has 1 fully saturated rings. The number of halogens is 3. The first-order valence-electron chi connectivity index (χ1n) is 14.3. The molecule has 0 unspecified atom stereocenters. The summed E-state index contributed by atoms with van der Waals surface area (Å²) in [5.74, 6) is -2.50. The van der Waals surface area contributed by atoms with E-state index in [-0.39, 0.29) is 35.3 Å². The molecule has 3 atom stereocenters. The fraction of sp³-hybridized carbons (Fsp3) is 0.250. The summed E-state index contributed by atoms with van der Waals surface area (Å²) in [5.41, 5.74) is -0.122. The third kappa shape index (κ3) is 6.32. The van der Waals surface area contributed by atoms with Crippen LogP contribution in [0.25, 0.3) is 0 Å². The zero-order valence-electron chi connectivity index (χ0n) is 24.8. The number of aromatic amines is 1. The Morgan fingerprint density at radius 2 is 1.74 bits per heavy atom. The van der Waals surface area contributed by atoms with Crippen LogP contribution >= 0.6 is 23.1 Å². The number of hydrogen-bond donors (Lipinski definition) is 2. The van der Waals surface area contributed by atoms with E-state index in [1.165, 1.54) is 13.2 Å². The van der Waals surface area contributed by atoms with Gasteiger partial charge < -0.3 is 24.5 Å². The summed E-state index contributed by atoms with van der Waals surface area (Å²) in [6, 6.07) is 15.7. The summed E-state index contributed by atoms with van der Waals surface area (Å²) in [6.45, 7) is 1.63. The van der Waals surface area contributed by atoms with Gasteiger partial charge in [0.15, 0.2) is 18.1 Å². The van der Waals surface area contributed by atoms with Gasteiger partial charge in [0.25, 0.3) is 5.91 Å². The molecular weight excluding hydrogens is 659 g/mol. The Hall–Kier alpha value is -4.76. The van der Waals surface area contributed by atoms with E-state index >= 15 is 0 Å². The van der Waals surface area contributed by atoms with Crippen LogP contribution in [0.3, 0.4) is 0 Å². The number of amides is 3. The molecule has 0 bridgehead atoms. The van der Waals surface area contributed by atoms with Gasteiger partial charge in [-0.25, -0.2) is 4.90 Å². The van der Waals surface area contributed by atoms with Crippen LogP contribution in [0.4, 0.5) is 24.5 Å². The molecule has 4 aromatic rings. The number of anilines is 2. The van der Waals surface area contributed by atoms with Gasteiger partial charge in [-0.1, -0.05) is 35.2 Å². The number of thioether (sulfide) groups is 1. The summed E-state index contributed by atoms with van der Waals surface area (Å²) in [5, 5.41) is 2.13. The lowest BCUT2D eigenvalue weighted by Crippen LogP contribution is -2.32. The first-order valence-corrected chi connectivity index (χ1v) is 16.0. The van der Waals surface area contributed by atoms with Gasteiger partial charge in [-0.05, 0) is 67.1 Å². The molecule has 3 amide bonds. The molecule has 2 aliphatic rings. The first kappa shape index (κ1) is 32.2. The van der Waals surface area contributed by atoms with Crippen molar-refractivity contribution in [3.63, 3.8) is 0 Å². The Kier molecular flexibility index (Phi) is 8.76. The maximum Gasteiger partial charge on any atom is 0.416 e. The Morgan fingerprint density at radius 3 is 2.45 bits per heavy atom. The van der Waals surface area contributed by atoms with Crippen molar-refractivity contribution in [2.75, 3.05) is 30.5 Å². The minimum absolute atomic E-state index is 0.188. The molecule has 2 aliphatic heterocycles. The number of methoxy groups -OCH3 is 1. The third-order valence-electron chi connectivity index (χ3n) is 7.61. The van der Waals surface area contributed by atoms with Gasteiger partial charge in [-0.3, -0.25) is 19.2 Å². The second-order valence-electron chi connectivity index (χ2n) is 10.5. The van der Waals surface area contributed by atoms with E-state index in [1.54, 1.807) is 49.4 Å². The number of nitrogens with zero attached hydrogens (tertiary/aromatic N) is 1. The van der Waals surface area contributed by atoms with Crippen LogP contribution in [0.5, 0.6) is 17.2 Å². The predicted octanol–water partition coefficient (Wildman–Crippen LogP) is 5.68. The van der Waals surface area contributed by atoms with Gasteiger partial charge in [0.2, 0.25) is 11.8 Å². The Morgan fingerprint density at radius 1 is 0.979 bits per heavy atom. The monoisotopic (exact) mass is 685 g/mol. The SMILES string of the molecule is CCOc1cc([C@@H]2c3sc(=O)[nH]c3S[C@H]3C(=O)N(c4cccc(C(F)(F)F)c4)C(=O)[C@@H]23)ccc1OCC(=O)Nc1ccc(OC)cc1. The number of thiazole rings is 1. The molecular formula is C32H26F3N3O7S2. The number of hydrogen-bond acceptors (Lipinski definition) is 9. The molecule has 0 radical (unpaired) electrons. The molecule has 1 saturated heterocycles. The highest BCUT2D eigenvalue weighted by molar-refractivity contribution is 8.00. The van der Waals surface area contributed by atoms with Crippen LogP contribution in [0.1, 0.15) is 28.8 Å². The second kappa shape index (κ2) is 12.8. The highest BCUT2D eigenvalue weighted by Crippen LogP contribution is 2.54. The molecule has 3 heterocycles. The van der Waals surface area contributed by atoms with Crippen molar-refractivity contribution in [1.29, 1.82) is 0 Å². The number of imide groups is 1. The molecule has 0 aliphatic carbocycles. The predicted molar refractivity (Wildman–Crippen MR) is 169 cm³/mol. The summed E-state index contributed by atoms with van der Waals surface area (Å²) < 4.78 is 57.2. The van der Waals surface area contributed by atoms with Gasteiger partial charge in [0, 0.05) is 16.5 Å². The number of nitrogens with one attached hydrogen (secondary N) is 2. The van der Waals surface area contributed by atoms with E-state index in [9.17, 15) is 32.3 Å². The fourth-order valence-corrected chi connectivity index (χ4v) is 8.09. The normalized spacial score (nSPS) is 18.8. The Labute approximate surface area is 273 Å². The number of benzene rings is 3. The third-order valence-corrected chi connectivity index (χ3v) is 10.0. The number of ether oxygens (including phenoxy) is 3. The van der Waals surface area contributed by atoms with Crippen molar-refractivity contribution in [2.24, 2.45) is 5.92 Å². The average molecular weight is 686 g/mol. The van der Waals surface area contributed by atoms with Crippen molar-refractivity contribution in [2.45, 2.75) is 29.3 Å². The topological polar surface area (TPSA) is 127 Å². The lowest BCUT2D eigenvalue weighted by Gasteiger charge is -2.30. The largest absolute Gasteiger partial charge is 0.497 e. The fourth-order valence-electron chi connectivity index (χ4n) is 5.57. The molecule has 6 rings (SSSR count). The summed E-state index contributed by atoms with van der Waals surface area (Å²) in [4.78, 5) is 56.3. The van der Waals surface area contributed by atoms with Crippen LogP contribution in [0, 0.1) is 5.92 Å². The standard InChI is InChI=1S/C32H26F3N3O7S2/c1-3-44-22-13-16(7-12-21(22)45-15-23(39)36-18-8-10-20(43-2)11-9-18)24-25-27(46-28-26(24)47-31(42)37-28)30(41)38(29(25)40)19-6-4-5-17(14-19)32(33,34)35/h4-14,24-25,27H,3,15H2,1-2H3,(H,36,39)(H,37,42)/t24-,25-,27+/m0/s1. The Bertz CT molecular complexity index is 1910. The molecule has 2 N–H and O–H groups in total. The molecule has 47 heavy (non-hydrogen) atoms. The van der Waals surface area contributed by atoms with Crippen molar-refractivity contribution in [3.05, 3.63) is 92.4 Å².